The van der Waals surface area contributed by atoms with Crippen LogP contribution in [0.15, 0.2) is 243 Å². The Labute approximate surface area is 390 Å². The molecule has 0 aliphatic carbocycles. The Kier molecular flexibility index (Phi) is 11.1. The number of hydrogen-bond donors (Lipinski definition) is 2. The molecule has 0 saturated heterocycles. The largest absolute Gasteiger partial charge is 0.354 e. The van der Waals surface area contributed by atoms with Crippen LogP contribution in [0.3, 0.4) is 0 Å². The van der Waals surface area contributed by atoms with E-state index in [4.69, 9.17) is 15.0 Å². The molecule has 2 heterocycles. The van der Waals surface area contributed by atoms with Gasteiger partial charge in [0.2, 0.25) is 0 Å². The van der Waals surface area contributed by atoms with Crippen molar-refractivity contribution in [3.8, 4) is 67.5 Å². The molecule has 10 aromatic rings. The van der Waals surface area contributed by atoms with E-state index in [0.29, 0.717) is 23.2 Å². The van der Waals surface area contributed by atoms with Gasteiger partial charge in [0.1, 0.15) is 0 Å². The third kappa shape index (κ3) is 8.53. The summed E-state index contributed by atoms with van der Waals surface area (Å²) in [6.45, 7) is 0. The van der Waals surface area contributed by atoms with Crippen molar-refractivity contribution >= 4 is 28.8 Å². The molecule has 0 amide bonds. The average Bonchev–Trinajstić information content (AvgIpc) is 3.42. The van der Waals surface area contributed by atoms with Gasteiger partial charge in [-0.15, -0.1) is 0 Å². The minimum Gasteiger partial charge on any atom is -0.354 e. The summed E-state index contributed by atoms with van der Waals surface area (Å²) in [7, 11) is 0. The van der Waals surface area contributed by atoms with Gasteiger partial charge in [-0.25, -0.2) is 15.0 Å². The Bertz CT molecular complexity index is 3380. The molecule has 0 fully saturated rings. The van der Waals surface area contributed by atoms with E-state index in [1.165, 1.54) is 0 Å². The molecule has 11 rings (SSSR count). The summed E-state index contributed by atoms with van der Waals surface area (Å²) < 4.78 is 0. The number of nitrogens with one attached hydrogen (secondary N) is 2. The lowest BCUT2D eigenvalue weighted by Crippen LogP contribution is -2.20. The van der Waals surface area contributed by atoms with Crippen molar-refractivity contribution in [3.05, 3.63) is 270 Å². The van der Waals surface area contributed by atoms with Crippen LogP contribution in [-0.4, -0.2) is 20.7 Å². The molecule has 0 saturated carbocycles. The maximum Gasteiger partial charge on any atom is 0.164 e. The molecule has 1 aliphatic heterocycles. The van der Waals surface area contributed by atoms with E-state index in [2.05, 4.69) is 157 Å². The van der Waals surface area contributed by atoms with Crippen molar-refractivity contribution in [2.45, 2.75) is 0 Å². The van der Waals surface area contributed by atoms with Crippen LogP contribution in [0.4, 0.5) is 0 Å². The van der Waals surface area contributed by atoms with Crippen LogP contribution in [0, 0.1) is 5.41 Å². The van der Waals surface area contributed by atoms with Crippen LogP contribution in [0.2, 0.25) is 0 Å². The Hall–Kier alpha value is -9.06. The Morgan fingerprint density at radius 2 is 0.716 bits per heavy atom. The molecule has 316 valence electrons. The van der Waals surface area contributed by atoms with Crippen LogP contribution in [-0.2, 0) is 0 Å². The molecule has 67 heavy (non-hydrogen) atoms. The number of aromatic nitrogens is 3. The molecular weight excluding hydrogens is 815 g/mol. The van der Waals surface area contributed by atoms with E-state index in [0.717, 1.165) is 94.9 Å². The van der Waals surface area contributed by atoms with Crippen LogP contribution < -0.4 is 5.32 Å². The number of hydrogen-bond acceptors (Lipinski definition) is 5. The number of fused-ring (bicyclic) bond motifs is 1. The lowest BCUT2D eigenvalue weighted by Gasteiger charge is -2.27. The number of nitrogens with zero attached hydrogens (tertiary/aromatic N) is 3. The molecule has 1 aromatic heterocycles. The predicted octanol–water partition coefficient (Wildman–Crippen LogP) is 14.9. The molecule has 0 atom stereocenters. The topological polar surface area (TPSA) is 74.6 Å². The maximum absolute atomic E-state index is 9.70. The quantitative estimate of drug-likeness (QED) is 0.134. The van der Waals surface area contributed by atoms with Gasteiger partial charge in [0, 0.05) is 39.1 Å². The summed E-state index contributed by atoms with van der Waals surface area (Å²) in [6.07, 6.45) is 2.21. The fourth-order valence-corrected chi connectivity index (χ4v) is 8.72. The van der Waals surface area contributed by atoms with Crippen molar-refractivity contribution in [2.24, 2.45) is 0 Å². The summed E-state index contributed by atoms with van der Waals surface area (Å²) in [6, 6.07) is 83.3. The zero-order valence-electron chi connectivity index (χ0n) is 36.5. The van der Waals surface area contributed by atoms with Crippen molar-refractivity contribution in [3.63, 3.8) is 0 Å². The fraction of sp³-hybridized carbons (Fsp3) is 0. The molecule has 0 radical (unpaired) electrons. The van der Waals surface area contributed by atoms with Gasteiger partial charge in [0.25, 0.3) is 0 Å². The normalized spacial score (nSPS) is 12.6. The molecule has 0 spiro atoms. The molecule has 2 N–H and O–H groups in total. The highest BCUT2D eigenvalue weighted by Crippen LogP contribution is 2.39. The van der Waals surface area contributed by atoms with Gasteiger partial charge in [0.15, 0.2) is 17.5 Å². The molecule has 0 unspecified atom stereocenters. The number of rotatable bonds is 10. The minimum absolute atomic E-state index is 0.444. The summed E-state index contributed by atoms with van der Waals surface area (Å²) in [5, 5.41) is 13.5. The van der Waals surface area contributed by atoms with Gasteiger partial charge in [0.05, 0.1) is 11.4 Å². The molecule has 9 aromatic carbocycles. The highest BCUT2D eigenvalue weighted by atomic mass is 15.0. The first kappa shape index (κ1) is 40.7. The maximum atomic E-state index is 9.70. The van der Waals surface area contributed by atoms with Gasteiger partial charge in [-0.3, -0.25) is 5.41 Å². The molecule has 5 nitrogen and oxygen atoms in total. The van der Waals surface area contributed by atoms with Crippen LogP contribution in [0.5, 0.6) is 0 Å². The first-order valence-corrected chi connectivity index (χ1v) is 22.4. The summed E-state index contributed by atoms with van der Waals surface area (Å²) in [5.74, 6) is 1.80. The lowest BCUT2D eigenvalue weighted by molar-refractivity contribution is 1.07. The van der Waals surface area contributed by atoms with Crippen LogP contribution in [0.25, 0.3) is 90.6 Å². The molecule has 0 bridgehead atoms. The number of benzene rings is 9. The molecule has 1 aliphatic rings. The van der Waals surface area contributed by atoms with Crippen molar-refractivity contribution in [2.75, 3.05) is 0 Å². The minimum atomic E-state index is 0.444. The second-order valence-corrected chi connectivity index (χ2v) is 16.5. The van der Waals surface area contributed by atoms with E-state index in [9.17, 15) is 5.41 Å². The van der Waals surface area contributed by atoms with Crippen LogP contribution >= 0.6 is 0 Å². The summed E-state index contributed by atoms with van der Waals surface area (Å²) in [4.78, 5) is 15.4. The average molecular weight is 858 g/mol. The monoisotopic (exact) mass is 857 g/mol. The van der Waals surface area contributed by atoms with E-state index in [-0.39, 0.29) is 0 Å². The van der Waals surface area contributed by atoms with Gasteiger partial charge in [-0.2, -0.15) is 0 Å². The lowest BCUT2D eigenvalue weighted by atomic mass is 9.86. The van der Waals surface area contributed by atoms with Crippen molar-refractivity contribution in [1.29, 1.82) is 5.41 Å². The van der Waals surface area contributed by atoms with Crippen molar-refractivity contribution in [1.82, 2.24) is 20.3 Å². The highest BCUT2D eigenvalue weighted by molar-refractivity contribution is 6.36. The highest BCUT2D eigenvalue weighted by Gasteiger charge is 2.25. The van der Waals surface area contributed by atoms with Gasteiger partial charge < -0.3 is 5.32 Å². The SMILES string of the molecule is N=C(/C(=C1\NC(c2ccccc2)=Cc2ccc(-c3ccc(-c4nc(-c5ccccc5)nc(-c5cc(-c6ccccc6)cc(-c6ccccc6)c5)n4)cc3)cc21)c1ccccc1)c1ccccc1. The first-order valence-electron chi connectivity index (χ1n) is 22.4. The number of allylic oxidation sites excluding steroid dienone is 1. The second-order valence-electron chi connectivity index (χ2n) is 16.5. The smallest absolute Gasteiger partial charge is 0.164 e. The molecular formula is C62H43N5. The Balaban J connectivity index is 1.02. The molecule has 5 heteroatoms. The third-order valence-corrected chi connectivity index (χ3v) is 12.1. The Morgan fingerprint density at radius 3 is 1.25 bits per heavy atom. The summed E-state index contributed by atoms with van der Waals surface area (Å²) in [5.41, 5.74) is 17.3. The van der Waals surface area contributed by atoms with Gasteiger partial charge >= 0.3 is 0 Å². The fourth-order valence-electron chi connectivity index (χ4n) is 8.72. The van der Waals surface area contributed by atoms with Gasteiger partial charge in [-0.1, -0.05) is 218 Å². The van der Waals surface area contributed by atoms with Gasteiger partial charge in [-0.05, 0) is 80.4 Å². The van der Waals surface area contributed by atoms with E-state index in [1.54, 1.807) is 0 Å². The third-order valence-electron chi connectivity index (χ3n) is 12.1. The second kappa shape index (κ2) is 18.2. The zero-order chi connectivity index (χ0) is 44.9. The van der Waals surface area contributed by atoms with E-state index < -0.39 is 0 Å². The zero-order valence-corrected chi connectivity index (χ0v) is 36.5. The summed E-state index contributed by atoms with van der Waals surface area (Å²) >= 11 is 0. The Morgan fingerprint density at radius 1 is 0.328 bits per heavy atom. The van der Waals surface area contributed by atoms with E-state index >= 15 is 0 Å². The standard InChI is InChI=1S/C62H43N5/c63-58(47-27-15-5-16-28-47)57(46-25-13-4-14-26-46)59-55-40-50(35-36-51(55)41-56(64-59)45-23-11-3-12-24-45)44-31-33-49(34-32-44)61-65-60(48-29-17-6-18-30-48)66-62(67-61)54-38-52(42-19-7-1-8-20-42)37-53(39-54)43-21-9-2-10-22-43/h1-41,63-64H/b59-57-,63-58?. The van der Waals surface area contributed by atoms with E-state index in [1.807, 2.05) is 97.1 Å². The predicted molar refractivity (Wildman–Crippen MR) is 276 cm³/mol. The van der Waals surface area contributed by atoms with Crippen LogP contribution in [0.1, 0.15) is 27.8 Å². The van der Waals surface area contributed by atoms with Crippen molar-refractivity contribution < 1.29 is 0 Å². The first-order chi connectivity index (χ1) is 33.1.